The van der Waals surface area contributed by atoms with Crippen molar-refractivity contribution in [3.63, 3.8) is 0 Å². The molecule has 12 rings (SSSR count). The molecule has 2 heterocycles. The number of benzene rings is 10. The number of fused-ring (bicyclic) bond motifs is 12. The Bertz CT molecular complexity index is 3450. The summed E-state index contributed by atoms with van der Waals surface area (Å²) in [5.41, 5.74) is 9.38. The summed E-state index contributed by atoms with van der Waals surface area (Å²) in [5.74, 6) is 0. The van der Waals surface area contributed by atoms with Crippen LogP contribution in [-0.4, -0.2) is 0 Å². The van der Waals surface area contributed by atoms with Crippen LogP contribution in [0.1, 0.15) is 0 Å². The summed E-state index contributed by atoms with van der Waals surface area (Å²) in [5, 5.41) is 14.7. The number of rotatable bonds is 3. The molecule has 0 unspecified atom stereocenters. The molecule has 0 amide bonds. The zero-order valence-electron chi connectivity index (χ0n) is 29.1. The van der Waals surface area contributed by atoms with E-state index >= 15 is 0 Å². The van der Waals surface area contributed by atoms with E-state index in [4.69, 9.17) is 4.42 Å². The van der Waals surface area contributed by atoms with Crippen molar-refractivity contribution in [1.82, 2.24) is 0 Å². The summed E-state index contributed by atoms with van der Waals surface area (Å²) in [4.78, 5) is 0. The quantitative estimate of drug-likeness (QED) is 0.167. The Labute approximate surface area is 314 Å². The molecule has 0 aliphatic heterocycles. The van der Waals surface area contributed by atoms with Crippen LogP contribution in [-0.2, 0) is 0 Å². The summed E-state index contributed by atoms with van der Waals surface area (Å²) in [7, 11) is 0. The number of thiophene rings is 1. The lowest BCUT2D eigenvalue weighted by atomic mass is 9.84. The van der Waals surface area contributed by atoms with E-state index in [1.54, 1.807) is 0 Å². The largest absolute Gasteiger partial charge is 0.454 e. The summed E-state index contributed by atoms with van der Waals surface area (Å²) in [6.07, 6.45) is 0. The second-order valence-corrected chi connectivity index (χ2v) is 15.4. The molecule has 0 atom stereocenters. The minimum Gasteiger partial charge on any atom is -0.454 e. The van der Waals surface area contributed by atoms with Crippen LogP contribution in [0.15, 0.2) is 186 Å². The lowest BCUT2D eigenvalue weighted by Gasteiger charge is -2.19. The number of hydrogen-bond acceptors (Lipinski definition) is 2. The molecule has 250 valence electrons. The van der Waals surface area contributed by atoms with Crippen molar-refractivity contribution in [2.75, 3.05) is 0 Å². The predicted molar refractivity (Wildman–Crippen MR) is 233 cm³/mol. The Morgan fingerprint density at radius 1 is 0.333 bits per heavy atom. The second-order valence-electron chi connectivity index (χ2n) is 14.3. The van der Waals surface area contributed by atoms with Crippen LogP contribution in [0.2, 0.25) is 0 Å². The van der Waals surface area contributed by atoms with Gasteiger partial charge in [0.15, 0.2) is 5.58 Å². The van der Waals surface area contributed by atoms with Crippen molar-refractivity contribution < 1.29 is 4.42 Å². The van der Waals surface area contributed by atoms with Gasteiger partial charge >= 0.3 is 0 Å². The molecule has 0 spiro atoms. The third-order valence-corrected chi connectivity index (χ3v) is 12.6. The van der Waals surface area contributed by atoms with Gasteiger partial charge in [-0.2, -0.15) is 0 Å². The van der Waals surface area contributed by atoms with Gasteiger partial charge in [0.25, 0.3) is 0 Å². The highest BCUT2D eigenvalue weighted by molar-refractivity contribution is 7.26. The van der Waals surface area contributed by atoms with Gasteiger partial charge in [-0.25, -0.2) is 0 Å². The van der Waals surface area contributed by atoms with E-state index in [1.807, 2.05) is 11.3 Å². The van der Waals surface area contributed by atoms with Crippen molar-refractivity contribution in [3.05, 3.63) is 182 Å². The van der Waals surface area contributed by atoms with Crippen LogP contribution in [0.3, 0.4) is 0 Å². The zero-order valence-corrected chi connectivity index (χ0v) is 30.0. The average Bonchev–Trinajstić information content (AvgIpc) is 3.82. The van der Waals surface area contributed by atoms with Gasteiger partial charge in [0.2, 0.25) is 0 Å². The molecule has 0 saturated heterocycles. The molecule has 54 heavy (non-hydrogen) atoms. The van der Waals surface area contributed by atoms with E-state index in [0.717, 1.165) is 27.3 Å². The van der Waals surface area contributed by atoms with Crippen molar-refractivity contribution in [2.45, 2.75) is 0 Å². The monoisotopic (exact) mass is 702 g/mol. The van der Waals surface area contributed by atoms with Gasteiger partial charge in [-0.05, 0) is 95.3 Å². The molecule has 0 bridgehead atoms. The van der Waals surface area contributed by atoms with Crippen molar-refractivity contribution in [3.8, 4) is 33.4 Å². The van der Waals surface area contributed by atoms with Gasteiger partial charge in [0, 0.05) is 31.6 Å². The van der Waals surface area contributed by atoms with E-state index in [0.29, 0.717) is 0 Å². The third kappa shape index (κ3) is 4.20. The Kier molecular flexibility index (Phi) is 6.28. The molecule has 0 saturated carbocycles. The Hall–Kier alpha value is -6.74. The maximum absolute atomic E-state index is 6.87. The topological polar surface area (TPSA) is 13.1 Å². The van der Waals surface area contributed by atoms with Crippen LogP contribution in [0.25, 0.3) is 119 Å². The minimum atomic E-state index is 0.956. The highest BCUT2D eigenvalue weighted by Gasteiger charge is 2.22. The molecule has 0 fully saturated rings. The first-order valence-corrected chi connectivity index (χ1v) is 19.3. The van der Waals surface area contributed by atoms with Gasteiger partial charge in [-0.1, -0.05) is 158 Å². The first-order valence-electron chi connectivity index (χ1n) is 18.5. The van der Waals surface area contributed by atoms with Crippen LogP contribution < -0.4 is 0 Å². The normalized spacial score (nSPS) is 12.1. The van der Waals surface area contributed by atoms with E-state index in [2.05, 4.69) is 182 Å². The maximum atomic E-state index is 6.87. The van der Waals surface area contributed by atoms with Crippen LogP contribution in [0.4, 0.5) is 0 Å². The van der Waals surface area contributed by atoms with Gasteiger partial charge in [-0.15, -0.1) is 11.3 Å². The fourth-order valence-corrected chi connectivity index (χ4v) is 10.3. The van der Waals surface area contributed by atoms with E-state index in [1.165, 1.54) is 91.3 Å². The standard InChI is InChI=1S/C52H30OS/c1-3-18-35-31(13-1)15-12-25-37(35)48-40-22-7-5-20-38(40)47(39-21-6-8-23-41(39)48)34-17-11-16-33(29-34)44-30-45-42-28-27-32-14-2-4-19-36(32)50(42)53-51(45)52-49(44)43-24-9-10-26-46(43)54-52/h1-30H. The first kappa shape index (κ1) is 29.8. The first-order chi connectivity index (χ1) is 26.8. The highest BCUT2D eigenvalue weighted by atomic mass is 32.1. The minimum absolute atomic E-state index is 0.956. The smallest absolute Gasteiger partial charge is 0.153 e. The molecule has 0 aliphatic rings. The number of hydrogen-bond donors (Lipinski definition) is 0. The fourth-order valence-electron chi connectivity index (χ4n) is 9.09. The maximum Gasteiger partial charge on any atom is 0.153 e. The molecule has 2 heteroatoms. The Morgan fingerprint density at radius 3 is 1.67 bits per heavy atom. The van der Waals surface area contributed by atoms with Crippen LogP contribution in [0.5, 0.6) is 0 Å². The third-order valence-electron chi connectivity index (χ3n) is 11.4. The van der Waals surface area contributed by atoms with Gasteiger partial charge in [-0.3, -0.25) is 0 Å². The van der Waals surface area contributed by atoms with Crippen LogP contribution in [0, 0.1) is 0 Å². The van der Waals surface area contributed by atoms with Gasteiger partial charge in [0.1, 0.15) is 5.58 Å². The van der Waals surface area contributed by atoms with E-state index in [-0.39, 0.29) is 0 Å². The van der Waals surface area contributed by atoms with E-state index in [9.17, 15) is 0 Å². The van der Waals surface area contributed by atoms with Crippen LogP contribution >= 0.6 is 11.3 Å². The highest BCUT2D eigenvalue weighted by Crippen LogP contribution is 2.49. The van der Waals surface area contributed by atoms with Gasteiger partial charge in [0.05, 0.1) is 4.70 Å². The fraction of sp³-hybridized carbons (Fsp3) is 0. The Balaban J connectivity index is 1.16. The molecule has 0 radical (unpaired) electrons. The Morgan fingerprint density at radius 2 is 0.907 bits per heavy atom. The van der Waals surface area contributed by atoms with Crippen molar-refractivity contribution in [1.29, 1.82) is 0 Å². The predicted octanol–water partition coefficient (Wildman–Crippen LogP) is 15.6. The summed E-state index contributed by atoms with van der Waals surface area (Å²) in [6, 6.07) is 66.7. The molecule has 1 nitrogen and oxygen atoms in total. The zero-order chi connectivity index (χ0) is 35.3. The average molecular weight is 703 g/mol. The summed E-state index contributed by atoms with van der Waals surface area (Å²) < 4.78 is 9.34. The van der Waals surface area contributed by atoms with Crippen molar-refractivity contribution in [2.24, 2.45) is 0 Å². The second kappa shape index (κ2) is 11.4. The molecule has 12 aromatic rings. The SMILES string of the molecule is c1cc(-c2c3ccccc3c(-c3cccc4ccccc34)c3ccccc23)cc(-c2cc3c4ccc5ccccc5c4oc3c3sc4ccccc4c23)c1. The molecule has 2 aromatic heterocycles. The lowest BCUT2D eigenvalue weighted by molar-refractivity contribution is 0.677. The summed E-state index contributed by atoms with van der Waals surface area (Å²) >= 11 is 1.83. The van der Waals surface area contributed by atoms with Gasteiger partial charge < -0.3 is 4.42 Å². The summed E-state index contributed by atoms with van der Waals surface area (Å²) in [6.45, 7) is 0. The number of furan rings is 1. The molecular weight excluding hydrogens is 673 g/mol. The van der Waals surface area contributed by atoms with E-state index < -0.39 is 0 Å². The lowest BCUT2D eigenvalue weighted by Crippen LogP contribution is -1.92. The van der Waals surface area contributed by atoms with Crippen molar-refractivity contribution >= 4 is 96.5 Å². The molecule has 10 aromatic carbocycles. The molecule has 0 N–H and O–H groups in total. The molecular formula is C52H30OS. The molecule has 0 aliphatic carbocycles.